The number of urea groups is 1. The van der Waals surface area contributed by atoms with Crippen LogP contribution in [0.15, 0.2) is 113 Å². The Morgan fingerprint density at radius 3 is 2.17 bits per heavy atom. The predicted molar refractivity (Wildman–Crippen MR) is 187 cm³/mol. The van der Waals surface area contributed by atoms with Crippen molar-refractivity contribution in [3.63, 3.8) is 0 Å². The summed E-state index contributed by atoms with van der Waals surface area (Å²) in [5.41, 5.74) is 1.36. The van der Waals surface area contributed by atoms with Gasteiger partial charge in [-0.05, 0) is 41.5 Å². The number of benzene rings is 4. The highest BCUT2D eigenvalue weighted by Gasteiger charge is 2.58. The molecule has 0 spiro atoms. The number of epoxide rings is 1. The molecule has 15 heteroatoms. The number of fused-ring (bicyclic) bond motifs is 1. The topological polar surface area (TPSA) is 168 Å². The number of hydrogen-bond donors (Lipinski definition) is 1. The first-order valence-corrected chi connectivity index (χ1v) is 17.7. The lowest BCUT2D eigenvalue weighted by Crippen LogP contribution is -2.58. The number of carbonyl (C=O) groups is 4. The molecule has 0 bridgehead atoms. The van der Waals surface area contributed by atoms with Gasteiger partial charge in [0.1, 0.15) is 22.8 Å². The summed E-state index contributed by atoms with van der Waals surface area (Å²) in [6.07, 6.45) is -0.635. The summed E-state index contributed by atoms with van der Waals surface area (Å²) >= 11 is 0. The molecule has 52 heavy (non-hydrogen) atoms. The van der Waals surface area contributed by atoms with Crippen molar-refractivity contribution >= 4 is 51.0 Å². The highest BCUT2D eigenvalue weighted by molar-refractivity contribution is 7.90. The van der Waals surface area contributed by atoms with E-state index in [2.05, 4.69) is 5.32 Å². The standard InChI is InChI=1S/C37H33N5O9S/c1-49-28-18-17-25(36(45)50-2)19-27(28)39-34(43)32(42-35(44)31(29-22-51-29)40(37(42)46)20-23-11-5-3-6-12-23)33-38-26-15-9-10-16-30(26)52(47,48)41(33)21-24-13-7-4-8-14-24/h3-19,29,31-32H,20-22H2,1-2H3,(H,39,43). The highest BCUT2D eigenvalue weighted by Crippen LogP contribution is 2.38. The van der Waals surface area contributed by atoms with Crippen molar-refractivity contribution in [2.75, 3.05) is 26.1 Å². The molecular weight excluding hydrogens is 690 g/mol. The van der Waals surface area contributed by atoms with Gasteiger partial charge >= 0.3 is 12.0 Å². The van der Waals surface area contributed by atoms with E-state index < -0.39 is 52.0 Å². The van der Waals surface area contributed by atoms with Gasteiger partial charge in [-0.2, -0.15) is 0 Å². The summed E-state index contributed by atoms with van der Waals surface area (Å²) in [6.45, 7) is -0.0580. The number of anilines is 1. The lowest BCUT2D eigenvalue weighted by atomic mass is 10.1. The van der Waals surface area contributed by atoms with Crippen LogP contribution in [0.2, 0.25) is 0 Å². The molecule has 4 aromatic carbocycles. The zero-order valence-electron chi connectivity index (χ0n) is 28.0. The van der Waals surface area contributed by atoms with E-state index >= 15 is 0 Å². The number of carbonyl (C=O) groups excluding carboxylic acids is 4. The minimum absolute atomic E-state index is 0.00279. The fourth-order valence-corrected chi connectivity index (χ4v) is 7.88. The molecular formula is C37H33N5O9S. The van der Waals surface area contributed by atoms with Gasteiger partial charge in [-0.1, -0.05) is 72.8 Å². The summed E-state index contributed by atoms with van der Waals surface area (Å²) in [7, 11) is -1.86. The first-order chi connectivity index (χ1) is 25.1. The molecule has 1 N–H and O–H groups in total. The number of ether oxygens (including phenoxy) is 3. The summed E-state index contributed by atoms with van der Waals surface area (Å²) < 4.78 is 45.7. The summed E-state index contributed by atoms with van der Waals surface area (Å²) in [5.74, 6) is -2.71. The number of amides is 4. The van der Waals surface area contributed by atoms with E-state index in [4.69, 9.17) is 19.2 Å². The Morgan fingerprint density at radius 2 is 1.54 bits per heavy atom. The van der Waals surface area contributed by atoms with Gasteiger partial charge in [0.2, 0.25) is 0 Å². The van der Waals surface area contributed by atoms with Gasteiger partial charge in [0.15, 0.2) is 11.9 Å². The normalized spacial score (nSPS) is 19.4. The molecule has 14 nitrogen and oxygen atoms in total. The Hall–Kier alpha value is -6.06. The molecule has 3 aliphatic heterocycles. The first kappa shape index (κ1) is 34.4. The van der Waals surface area contributed by atoms with Crippen molar-refractivity contribution in [2.24, 2.45) is 4.99 Å². The van der Waals surface area contributed by atoms with Crippen LogP contribution < -0.4 is 10.1 Å². The van der Waals surface area contributed by atoms with Gasteiger partial charge in [0, 0.05) is 6.54 Å². The highest BCUT2D eigenvalue weighted by atomic mass is 32.2. The average Bonchev–Trinajstić information content (AvgIpc) is 3.97. The van der Waals surface area contributed by atoms with E-state index in [1.165, 1.54) is 49.5 Å². The van der Waals surface area contributed by atoms with E-state index in [0.717, 1.165) is 14.8 Å². The fraction of sp³-hybridized carbons (Fsp3) is 0.216. The molecule has 0 saturated carbocycles. The van der Waals surface area contributed by atoms with Crippen LogP contribution in [-0.2, 0) is 42.2 Å². The third-order valence-electron chi connectivity index (χ3n) is 8.91. The third-order valence-corrected chi connectivity index (χ3v) is 10.7. The number of hydrogen-bond acceptors (Lipinski definition) is 10. The van der Waals surface area contributed by atoms with Crippen LogP contribution in [0.4, 0.5) is 16.2 Å². The van der Waals surface area contributed by atoms with Gasteiger partial charge in [-0.3, -0.25) is 9.59 Å². The number of nitrogens with one attached hydrogen (secondary N) is 1. The van der Waals surface area contributed by atoms with Crippen molar-refractivity contribution in [1.29, 1.82) is 0 Å². The second-order valence-corrected chi connectivity index (χ2v) is 14.0. The van der Waals surface area contributed by atoms with Gasteiger partial charge in [-0.15, -0.1) is 0 Å². The number of sulfonamides is 1. The monoisotopic (exact) mass is 723 g/mol. The Bertz CT molecular complexity index is 2190. The van der Waals surface area contributed by atoms with Crippen LogP contribution in [0, 0.1) is 0 Å². The lowest BCUT2D eigenvalue weighted by Gasteiger charge is -2.36. The lowest BCUT2D eigenvalue weighted by molar-refractivity contribution is -0.133. The Morgan fingerprint density at radius 1 is 0.904 bits per heavy atom. The molecule has 0 aromatic heterocycles. The Labute approximate surface area is 299 Å². The second-order valence-electron chi connectivity index (χ2n) is 12.2. The van der Waals surface area contributed by atoms with E-state index in [0.29, 0.717) is 5.56 Å². The maximum atomic E-state index is 14.8. The van der Waals surface area contributed by atoms with Crippen LogP contribution >= 0.6 is 0 Å². The van der Waals surface area contributed by atoms with Crippen molar-refractivity contribution < 1.29 is 41.8 Å². The number of para-hydroxylation sites is 1. The van der Waals surface area contributed by atoms with Gasteiger partial charge in [0.05, 0.1) is 44.3 Å². The van der Waals surface area contributed by atoms with Crippen LogP contribution in [0.25, 0.3) is 0 Å². The van der Waals surface area contributed by atoms with Gasteiger partial charge < -0.3 is 24.4 Å². The van der Waals surface area contributed by atoms with E-state index in [1.807, 2.05) is 6.07 Å². The fourth-order valence-electron chi connectivity index (χ4n) is 6.31. The zero-order chi connectivity index (χ0) is 36.6. The number of methoxy groups -OCH3 is 2. The largest absolute Gasteiger partial charge is 0.495 e. The van der Waals surface area contributed by atoms with Crippen LogP contribution in [0.3, 0.4) is 0 Å². The minimum Gasteiger partial charge on any atom is -0.495 e. The smallest absolute Gasteiger partial charge is 0.337 e. The number of aliphatic imine (C=N–C) groups is 1. The number of imide groups is 1. The van der Waals surface area contributed by atoms with Crippen LogP contribution in [0.1, 0.15) is 21.5 Å². The van der Waals surface area contributed by atoms with E-state index in [1.54, 1.807) is 66.7 Å². The number of amidine groups is 1. The molecule has 0 aliphatic carbocycles. The molecule has 2 fully saturated rings. The molecule has 7 rings (SSSR count). The molecule has 3 atom stereocenters. The molecule has 4 aromatic rings. The maximum Gasteiger partial charge on any atom is 0.337 e. The Kier molecular flexibility index (Phi) is 9.21. The molecule has 3 aliphatic rings. The third kappa shape index (κ3) is 6.35. The van der Waals surface area contributed by atoms with Crippen molar-refractivity contribution in [3.8, 4) is 5.75 Å². The van der Waals surface area contributed by atoms with E-state index in [9.17, 15) is 27.6 Å². The van der Waals surface area contributed by atoms with Crippen molar-refractivity contribution in [2.45, 2.75) is 36.2 Å². The van der Waals surface area contributed by atoms with Crippen LogP contribution in [-0.4, -0.2) is 91.2 Å². The minimum atomic E-state index is -4.41. The molecule has 2 saturated heterocycles. The molecule has 0 radical (unpaired) electrons. The number of nitrogens with zero attached hydrogens (tertiary/aromatic N) is 4. The summed E-state index contributed by atoms with van der Waals surface area (Å²) in [5, 5.41) is 2.69. The predicted octanol–water partition coefficient (Wildman–Crippen LogP) is 3.96. The van der Waals surface area contributed by atoms with Gasteiger partial charge in [-0.25, -0.2) is 32.2 Å². The first-order valence-electron chi connectivity index (χ1n) is 16.2. The SMILES string of the molecule is COC(=O)c1ccc(OC)c(NC(=O)C(C2=Nc3ccccc3S(=O)(=O)N2Cc2ccccc2)N2C(=O)C(C3CO3)N(Cc3ccccc3)C2=O)c1. The zero-order valence-corrected chi connectivity index (χ0v) is 28.9. The maximum absolute atomic E-state index is 14.8. The Balaban J connectivity index is 1.39. The second kappa shape index (κ2) is 13.9. The summed E-state index contributed by atoms with van der Waals surface area (Å²) in [4.78, 5) is 63.0. The molecule has 3 heterocycles. The van der Waals surface area contributed by atoms with Crippen LogP contribution in [0.5, 0.6) is 5.75 Å². The molecule has 3 unspecified atom stereocenters. The number of esters is 1. The van der Waals surface area contributed by atoms with Crippen molar-refractivity contribution in [1.82, 2.24) is 14.1 Å². The molecule has 4 amide bonds. The van der Waals surface area contributed by atoms with Crippen molar-refractivity contribution in [3.05, 3.63) is 120 Å². The summed E-state index contributed by atoms with van der Waals surface area (Å²) in [6, 6.07) is 24.0. The quantitative estimate of drug-likeness (QED) is 0.137. The van der Waals surface area contributed by atoms with Gasteiger partial charge in [0.25, 0.3) is 21.8 Å². The average molecular weight is 724 g/mol. The van der Waals surface area contributed by atoms with E-state index in [-0.39, 0.29) is 53.1 Å². The number of rotatable bonds is 11. The molecule has 266 valence electrons.